The molecule has 5 nitrogen and oxygen atoms in total. The zero-order valence-electron chi connectivity index (χ0n) is 13.9. The highest BCUT2D eigenvalue weighted by Gasteiger charge is 2.14. The second-order valence-electron chi connectivity index (χ2n) is 5.45. The molecule has 7 heteroatoms. The Labute approximate surface area is 153 Å². The molecule has 0 aliphatic heterocycles. The van der Waals surface area contributed by atoms with Crippen LogP contribution in [0.1, 0.15) is 18.1 Å². The standard InChI is InChI=1S/C18H19BrFNO4/c1-11(18(22)23)21-9-13-7-16(24-2)17(8-15(13)19)25-10-12-3-5-14(20)6-4-12/h3-8,11,21H,9-10H2,1-2H3,(H,22,23). The van der Waals surface area contributed by atoms with Gasteiger partial charge in [-0.1, -0.05) is 28.1 Å². The van der Waals surface area contributed by atoms with Gasteiger partial charge in [-0.3, -0.25) is 4.79 Å². The van der Waals surface area contributed by atoms with Crippen LogP contribution in [0.4, 0.5) is 4.39 Å². The van der Waals surface area contributed by atoms with Gasteiger partial charge in [0, 0.05) is 11.0 Å². The monoisotopic (exact) mass is 411 g/mol. The third-order valence-corrected chi connectivity index (χ3v) is 4.35. The van der Waals surface area contributed by atoms with Gasteiger partial charge in [-0.15, -0.1) is 0 Å². The number of aliphatic carboxylic acids is 1. The second kappa shape index (κ2) is 8.82. The lowest BCUT2D eigenvalue weighted by Crippen LogP contribution is -2.33. The van der Waals surface area contributed by atoms with Gasteiger partial charge in [0.05, 0.1) is 7.11 Å². The Hall–Kier alpha value is -2.12. The van der Waals surface area contributed by atoms with Crippen molar-refractivity contribution in [2.75, 3.05) is 7.11 Å². The molecule has 0 fully saturated rings. The first-order valence-corrected chi connectivity index (χ1v) is 8.40. The molecule has 0 aromatic heterocycles. The van der Waals surface area contributed by atoms with Gasteiger partial charge in [0.2, 0.25) is 0 Å². The maximum atomic E-state index is 12.9. The largest absolute Gasteiger partial charge is 0.493 e. The number of carboxylic acids is 1. The number of ether oxygens (including phenoxy) is 2. The summed E-state index contributed by atoms with van der Waals surface area (Å²) in [5.74, 6) is -0.141. The lowest BCUT2D eigenvalue weighted by atomic mass is 10.2. The molecule has 0 saturated heterocycles. The predicted octanol–water partition coefficient (Wildman–Crippen LogP) is 3.74. The number of methoxy groups -OCH3 is 1. The van der Waals surface area contributed by atoms with Crippen molar-refractivity contribution in [3.8, 4) is 11.5 Å². The molecule has 0 saturated carbocycles. The average Bonchev–Trinajstić information content (AvgIpc) is 2.59. The highest BCUT2D eigenvalue weighted by molar-refractivity contribution is 9.10. The topological polar surface area (TPSA) is 67.8 Å². The van der Waals surface area contributed by atoms with Crippen molar-refractivity contribution in [3.63, 3.8) is 0 Å². The first-order valence-electron chi connectivity index (χ1n) is 7.60. The van der Waals surface area contributed by atoms with Crippen molar-refractivity contribution >= 4 is 21.9 Å². The zero-order chi connectivity index (χ0) is 18.4. The van der Waals surface area contributed by atoms with E-state index >= 15 is 0 Å². The summed E-state index contributed by atoms with van der Waals surface area (Å²) < 4.78 is 24.8. The van der Waals surface area contributed by atoms with Crippen molar-refractivity contribution in [2.45, 2.75) is 26.1 Å². The van der Waals surface area contributed by atoms with Crippen molar-refractivity contribution in [1.29, 1.82) is 0 Å². The van der Waals surface area contributed by atoms with Gasteiger partial charge < -0.3 is 19.9 Å². The quantitative estimate of drug-likeness (QED) is 0.692. The molecule has 0 aliphatic rings. The molecule has 0 amide bonds. The van der Waals surface area contributed by atoms with E-state index in [1.807, 2.05) is 0 Å². The van der Waals surface area contributed by atoms with Crippen LogP contribution >= 0.6 is 15.9 Å². The molecule has 2 aromatic carbocycles. The third-order valence-electron chi connectivity index (χ3n) is 3.61. The Morgan fingerprint density at radius 3 is 2.56 bits per heavy atom. The highest BCUT2D eigenvalue weighted by Crippen LogP contribution is 2.34. The van der Waals surface area contributed by atoms with E-state index in [0.29, 0.717) is 18.0 Å². The Morgan fingerprint density at radius 1 is 1.28 bits per heavy atom. The van der Waals surface area contributed by atoms with Gasteiger partial charge >= 0.3 is 5.97 Å². The minimum atomic E-state index is -0.915. The maximum absolute atomic E-state index is 12.9. The number of carbonyl (C=O) groups is 1. The molecule has 2 aromatic rings. The molecule has 2 rings (SSSR count). The molecule has 0 aliphatic carbocycles. The molecule has 134 valence electrons. The Kier molecular flexibility index (Phi) is 6.78. The summed E-state index contributed by atoms with van der Waals surface area (Å²) in [7, 11) is 1.53. The molecule has 2 N–H and O–H groups in total. The highest BCUT2D eigenvalue weighted by atomic mass is 79.9. The van der Waals surface area contributed by atoms with Crippen LogP contribution in [-0.4, -0.2) is 24.2 Å². The van der Waals surface area contributed by atoms with E-state index in [4.69, 9.17) is 14.6 Å². The van der Waals surface area contributed by atoms with Gasteiger partial charge in [-0.05, 0) is 42.3 Å². The third kappa shape index (κ3) is 5.44. The molecule has 1 atom stereocenters. The van der Waals surface area contributed by atoms with Gasteiger partial charge in [-0.25, -0.2) is 4.39 Å². The van der Waals surface area contributed by atoms with Crippen molar-refractivity contribution in [3.05, 3.63) is 57.8 Å². The summed E-state index contributed by atoms with van der Waals surface area (Å²) in [5, 5.41) is 11.8. The Morgan fingerprint density at radius 2 is 1.96 bits per heavy atom. The predicted molar refractivity (Wildman–Crippen MR) is 95.4 cm³/mol. The second-order valence-corrected chi connectivity index (χ2v) is 6.30. The van der Waals surface area contributed by atoms with E-state index in [2.05, 4.69) is 21.2 Å². The normalized spacial score (nSPS) is 11.8. The molecule has 0 radical (unpaired) electrons. The Bertz CT molecular complexity index is 737. The van der Waals surface area contributed by atoms with Gasteiger partial charge in [0.25, 0.3) is 0 Å². The lowest BCUT2D eigenvalue weighted by molar-refractivity contribution is -0.139. The van der Waals surface area contributed by atoms with Crippen LogP contribution in [0.5, 0.6) is 11.5 Å². The van der Waals surface area contributed by atoms with Gasteiger partial charge in [-0.2, -0.15) is 0 Å². The van der Waals surface area contributed by atoms with Crippen molar-refractivity contribution < 1.29 is 23.8 Å². The number of nitrogens with one attached hydrogen (secondary N) is 1. The molecular weight excluding hydrogens is 393 g/mol. The minimum Gasteiger partial charge on any atom is -0.493 e. The average molecular weight is 412 g/mol. The van der Waals surface area contributed by atoms with E-state index in [-0.39, 0.29) is 12.4 Å². The minimum absolute atomic E-state index is 0.275. The number of hydrogen-bond donors (Lipinski definition) is 2. The van der Waals surface area contributed by atoms with E-state index < -0.39 is 12.0 Å². The summed E-state index contributed by atoms with van der Waals surface area (Å²) in [5.41, 5.74) is 1.68. The first-order chi connectivity index (χ1) is 11.9. The van der Waals surface area contributed by atoms with Crippen LogP contribution in [0.25, 0.3) is 0 Å². The Balaban J connectivity index is 2.09. The van der Waals surface area contributed by atoms with E-state index in [0.717, 1.165) is 15.6 Å². The summed E-state index contributed by atoms with van der Waals surface area (Å²) >= 11 is 3.46. The fraction of sp³-hybridized carbons (Fsp3) is 0.278. The van der Waals surface area contributed by atoms with Crippen LogP contribution in [0.2, 0.25) is 0 Å². The molecule has 0 heterocycles. The van der Waals surface area contributed by atoms with E-state index in [1.165, 1.54) is 19.2 Å². The number of rotatable bonds is 8. The first kappa shape index (κ1) is 19.2. The van der Waals surface area contributed by atoms with Crippen LogP contribution < -0.4 is 14.8 Å². The number of carboxylic acid groups (broad SMARTS) is 1. The molecule has 25 heavy (non-hydrogen) atoms. The van der Waals surface area contributed by atoms with Crippen LogP contribution in [-0.2, 0) is 17.9 Å². The fourth-order valence-corrected chi connectivity index (χ4v) is 2.54. The summed E-state index contributed by atoms with van der Waals surface area (Å²) in [6.45, 7) is 2.22. The van der Waals surface area contributed by atoms with Gasteiger partial charge in [0.1, 0.15) is 18.5 Å². The summed E-state index contributed by atoms with van der Waals surface area (Å²) in [6, 6.07) is 8.96. The van der Waals surface area contributed by atoms with Crippen molar-refractivity contribution in [2.24, 2.45) is 0 Å². The SMILES string of the molecule is COc1cc(CNC(C)C(=O)O)c(Br)cc1OCc1ccc(F)cc1. The van der Waals surface area contributed by atoms with E-state index in [9.17, 15) is 9.18 Å². The van der Waals surface area contributed by atoms with Gasteiger partial charge in [0.15, 0.2) is 11.5 Å². The van der Waals surface area contributed by atoms with E-state index in [1.54, 1.807) is 31.2 Å². The summed E-state index contributed by atoms with van der Waals surface area (Å²) in [4.78, 5) is 10.9. The maximum Gasteiger partial charge on any atom is 0.320 e. The molecule has 1 unspecified atom stereocenters. The fourth-order valence-electron chi connectivity index (χ4n) is 2.08. The molecular formula is C18H19BrFNO4. The van der Waals surface area contributed by atoms with Crippen molar-refractivity contribution in [1.82, 2.24) is 5.32 Å². The van der Waals surface area contributed by atoms with Crippen LogP contribution in [0.15, 0.2) is 40.9 Å². The van der Waals surface area contributed by atoms with Crippen LogP contribution in [0.3, 0.4) is 0 Å². The zero-order valence-corrected chi connectivity index (χ0v) is 15.5. The van der Waals surface area contributed by atoms with Crippen LogP contribution in [0, 0.1) is 5.82 Å². The number of hydrogen-bond acceptors (Lipinski definition) is 4. The molecule has 0 spiro atoms. The smallest absolute Gasteiger partial charge is 0.320 e. The number of benzene rings is 2. The number of halogens is 2. The summed E-state index contributed by atoms with van der Waals surface area (Å²) in [6.07, 6.45) is 0. The molecule has 0 bridgehead atoms. The lowest BCUT2D eigenvalue weighted by Gasteiger charge is -2.15.